The Balaban J connectivity index is 1.18. The highest BCUT2D eigenvalue weighted by Gasteiger charge is 2.67. The molecule has 0 spiro atoms. The van der Waals surface area contributed by atoms with E-state index in [1.807, 2.05) is 0 Å². The number of hydrogen-bond acceptors (Lipinski definition) is 7. The van der Waals surface area contributed by atoms with Crippen LogP contribution < -0.4 is 11.1 Å². The van der Waals surface area contributed by atoms with Crippen molar-refractivity contribution in [3.05, 3.63) is 11.6 Å². The fraction of sp³-hybridized carbons (Fsp3) is 0.897. The van der Waals surface area contributed by atoms with Crippen molar-refractivity contribution in [3.8, 4) is 0 Å². The van der Waals surface area contributed by atoms with E-state index in [0.717, 1.165) is 63.7 Å². The van der Waals surface area contributed by atoms with Gasteiger partial charge in [0.25, 0.3) is 0 Å². The van der Waals surface area contributed by atoms with E-state index in [9.17, 15) is 15.0 Å². The van der Waals surface area contributed by atoms with Crippen LogP contribution in [0.3, 0.4) is 0 Å². The van der Waals surface area contributed by atoms with Crippen LogP contribution in [-0.4, -0.2) is 66.8 Å². The smallest absolute Gasteiger partial charge is 0.331 e. The van der Waals surface area contributed by atoms with E-state index >= 15 is 0 Å². The lowest BCUT2D eigenvalue weighted by Gasteiger charge is -2.63. The number of hydrogen-bond donors (Lipinski definition) is 4. The van der Waals surface area contributed by atoms with Gasteiger partial charge < -0.3 is 30.7 Å². The molecule has 0 aromatic carbocycles. The van der Waals surface area contributed by atoms with E-state index in [1.54, 1.807) is 6.08 Å². The van der Waals surface area contributed by atoms with Gasteiger partial charge in [0.15, 0.2) is 0 Å². The molecule has 0 bridgehead atoms. The zero-order valence-corrected chi connectivity index (χ0v) is 22.3. The molecule has 0 aromatic rings. The molecule has 4 aliphatic carbocycles. The number of carbonyl (C=O) groups excluding carboxylic acids is 1. The number of nitrogens with one attached hydrogen (secondary N) is 1. The average molecular weight is 505 g/mol. The molecule has 1 aliphatic heterocycles. The van der Waals surface area contributed by atoms with Gasteiger partial charge in [-0.15, -0.1) is 0 Å². The maximum absolute atomic E-state index is 12.3. The number of nitrogens with two attached hydrogens (primary N) is 1. The summed E-state index contributed by atoms with van der Waals surface area (Å²) in [6, 6.07) is 0. The Labute approximate surface area is 216 Å². The second kappa shape index (κ2) is 10.3. The monoisotopic (exact) mass is 504 g/mol. The first-order valence-electron chi connectivity index (χ1n) is 14.5. The molecule has 5 rings (SSSR count). The summed E-state index contributed by atoms with van der Waals surface area (Å²) in [7, 11) is 0. The van der Waals surface area contributed by atoms with E-state index in [1.165, 1.54) is 19.3 Å². The van der Waals surface area contributed by atoms with E-state index in [-0.39, 0.29) is 22.7 Å². The van der Waals surface area contributed by atoms with Crippen molar-refractivity contribution in [2.24, 2.45) is 40.2 Å². The van der Waals surface area contributed by atoms with Crippen molar-refractivity contribution in [2.45, 2.75) is 95.9 Å². The third-order valence-electron chi connectivity index (χ3n) is 11.4. The molecule has 204 valence electrons. The molecule has 9 atom stereocenters. The molecule has 0 saturated heterocycles. The molecule has 4 saturated carbocycles. The van der Waals surface area contributed by atoms with Gasteiger partial charge in [0.05, 0.1) is 17.8 Å². The minimum Gasteiger partial charge on any atom is -0.458 e. The van der Waals surface area contributed by atoms with Crippen LogP contribution in [0.4, 0.5) is 0 Å². The molecule has 0 aromatic heterocycles. The summed E-state index contributed by atoms with van der Waals surface area (Å²) in [5.74, 6) is 1.64. The topological polar surface area (TPSA) is 114 Å². The number of aliphatic hydroxyl groups is 2. The van der Waals surface area contributed by atoms with Crippen LogP contribution >= 0.6 is 0 Å². The van der Waals surface area contributed by atoms with Crippen molar-refractivity contribution >= 4 is 5.97 Å². The SMILES string of the molecule is C[C@]12CC[C@H](OCCCNCC(O)CN)C[C@H]1CC[C@@H]1[C@@H]2CC[C@]2(C)[C@@H](C3=CC(=O)OC3)CC[C@]12O. The first-order valence-corrected chi connectivity index (χ1v) is 14.5. The second-order valence-corrected chi connectivity index (χ2v) is 13.0. The second-order valence-electron chi connectivity index (χ2n) is 13.0. The van der Waals surface area contributed by atoms with Gasteiger partial charge in [-0.3, -0.25) is 0 Å². The highest BCUT2D eigenvalue weighted by molar-refractivity contribution is 5.85. The normalized spacial score (nSPS) is 44.9. The molecule has 0 amide bonds. The molecule has 1 heterocycles. The van der Waals surface area contributed by atoms with Crippen LogP contribution in [0.25, 0.3) is 0 Å². The lowest BCUT2D eigenvalue weighted by Crippen LogP contribution is -2.62. The Morgan fingerprint density at radius 1 is 1.17 bits per heavy atom. The third-order valence-corrected chi connectivity index (χ3v) is 11.4. The first kappa shape index (κ1) is 26.6. The van der Waals surface area contributed by atoms with E-state index in [4.69, 9.17) is 15.2 Å². The van der Waals surface area contributed by atoms with E-state index in [0.29, 0.717) is 43.6 Å². The largest absolute Gasteiger partial charge is 0.458 e. The van der Waals surface area contributed by atoms with Gasteiger partial charge in [-0.25, -0.2) is 4.79 Å². The number of fused-ring (bicyclic) bond motifs is 5. The number of rotatable bonds is 9. The standard InChI is InChI=1S/C29H48N2O5/c1-27-9-6-22(35-13-3-12-31-17-21(32)16-30)15-20(27)4-5-25-24(27)7-10-28(2)23(8-11-29(25,28)34)19-14-26(33)36-18-19/h14,20-25,31-32,34H,3-13,15-18,30H2,1-2H3/t20-,21?,22+,23-,24+,25-,27+,28-,29+/m1/s1. The number of aliphatic hydroxyl groups excluding tert-OH is 1. The third kappa shape index (κ3) is 4.47. The Morgan fingerprint density at radius 2 is 2.00 bits per heavy atom. The van der Waals surface area contributed by atoms with Crippen molar-refractivity contribution < 1.29 is 24.5 Å². The average Bonchev–Trinajstić information content (AvgIpc) is 3.40. The van der Waals surface area contributed by atoms with Gasteiger partial charge in [0, 0.05) is 31.2 Å². The molecular weight excluding hydrogens is 456 g/mol. The van der Waals surface area contributed by atoms with Crippen LogP contribution in [-0.2, 0) is 14.3 Å². The summed E-state index contributed by atoms with van der Waals surface area (Å²) < 4.78 is 11.6. The van der Waals surface area contributed by atoms with Gasteiger partial charge in [-0.2, -0.15) is 0 Å². The fourth-order valence-corrected chi connectivity index (χ4v) is 9.32. The number of carbonyl (C=O) groups is 1. The van der Waals surface area contributed by atoms with Gasteiger partial charge >= 0.3 is 5.97 Å². The van der Waals surface area contributed by atoms with Crippen LogP contribution in [0.5, 0.6) is 0 Å². The van der Waals surface area contributed by atoms with Crippen molar-refractivity contribution in [1.82, 2.24) is 5.32 Å². The molecule has 7 nitrogen and oxygen atoms in total. The predicted octanol–water partition coefficient (Wildman–Crippen LogP) is 2.93. The summed E-state index contributed by atoms with van der Waals surface area (Å²) in [4.78, 5) is 11.8. The molecule has 1 unspecified atom stereocenters. The van der Waals surface area contributed by atoms with Crippen LogP contribution in [0.15, 0.2) is 11.6 Å². The molecular formula is C29H48N2O5. The van der Waals surface area contributed by atoms with Crippen LogP contribution in [0, 0.1) is 34.5 Å². The minimum atomic E-state index is -0.640. The summed E-state index contributed by atoms with van der Waals surface area (Å²) in [6.07, 6.45) is 12.3. The maximum Gasteiger partial charge on any atom is 0.331 e. The molecule has 4 fully saturated rings. The number of ether oxygens (including phenoxy) is 2. The van der Waals surface area contributed by atoms with Crippen molar-refractivity contribution in [1.29, 1.82) is 0 Å². The highest BCUT2D eigenvalue weighted by Crippen LogP contribution is 2.70. The number of esters is 1. The van der Waals surface area contributed by atoms with Crippen molar-refractivity contribution in [2.75, 3.05) is 32.8 Å². The number of cyclic esters (lactones) is 1. The first-order chi connectivity index (χ1) is 17.2. The Morgan fingerprint density at radius 3 is 2.75 bits per heavy atom. The van der Waals surface area contributed by atoms with Crippen molar-refractivity contribution in [3.63, 3.8) is 0 Å². The Kier molecular flexibility index (Phi) is 7.61. The van der Waals surface area contributed by atoms with E-state index in [2.05, 4.69) is 19.2 Å². The molecule has 7 heteroatoms. The summed E-state index contributed by atoms with van der Waals surface area (Å²) in [5, 5.41) is 25.1. The molecule has 0 radical (unpaired) electrons. The molecule has 36 heavy (non-hydrogen) atoms. The van der Waals surface area contributed by atoms with Gasteiger partial charge in [0.1, 0.15) is 6.61 Å². The zero-order chi connectivity index (χ0) is 25.6. The summed E-state index contributed by atoms with van der Waals surface area (Å²) in [5.41, 5.74) is 6.04. The zero-order valence-electron chi connectivity index (χ0n) is 22.3. The quantitative estimate of drug-likeness (QED) is 0.282. The summed E-state index contributed by atoms with van der Waals surface area (Å²) in [6.45, 7) is 7.66. The van der Waals surface area contributed by atoms with Crippen LogP contribution in [0.2, 0.25) is 0 Å². The van der Waals surface area contributed by atoms with Gasteiger partial charge in [-0.1, -0.05) is 13.8 Å². The lowest BCUT2D eigenvalue weighted by molar-refractivity contribution is -0.209. The molecule has 5 N–H and O–H groups in total. The van der Waals surface area contributed by atoms with E-state index < -0.39 is 11.7 Å². The summed E-state index contributed by atoms with van der Waals surface area (Å²) >= 11 is 0. The maximum atomic E-state index is 12.3. The Hall–Kier alpha value is -0.990. The predicted molar refractivity (Wildman–Crippen MR) is 138 cm³/mol. The Bertz CT molecular complexity index is 850. The highest BCUT2D eigenvalue weighted by atomic mass is 16.5. The van der Waals surface area contributed by atoms with Gasteiger partial charge in [-0.05, 0) is 105 Å². The fourth-order valence-electron chi connectivity index (χ4n) is 9.32. The van der Waals surface area contributed by atoms with Gasteiger partial charge in [0.2, 0.25) is 0 Å². The van der Waals surface area contributed by atoms with Crippen LogP contribution in [0.1, 0.15) is 78.1 Å². The minimum absolute atomic E-state index is 0.161. The lowest BCUT2D eigenvalue weighted by atomic mass is 9.43. The molecule has 5 aliphatic rings.